The largest absolute Gasteiger partial charge is 0.356 e. The fourth-order valence-corrected chi connectivity index (χ4v) is 5.22. The molecule has 0 spiro atoms. The second kappa shape index (κ2) is 13.1. The number of thioether (sulfide) groups is 1. The van der Waals surface area contributed by atoms with Crippen LogP contribution in [0.15, 0.2) is 84.1 Å². The minimum atomic E-state index is 0.122. The van der Waals surface area contributed by atoms with Crippen LogP contribution in [0.4, 0.5) is 0 Å². The van der Waals surface area contributed by atoms with E-state index >= 15 is 0 Å². The standard InChI is InChI=1S/C29H34N4OS/c1-23-11-10-14-25(21-23)22-35-29-32-31-27(33(29)26-15-6-3-7-16-26)17-8-9-18-28(34)30-20-19-24-12-4-2-5-13-24/h2-7,10-15,21,26H,8-9,16-20,22H2,1H3,(H,30,34). The number of amides is 1. The van der Waals surface area contributed by atoms with Crippen molar-refractivity contribution in [1.29, 1.82) is 0 Å². The van der Waals surface area contributed by atoms with Gasteiger partial charge in [0.05, 0.1) is 6.04 Å². The fourth-order valence-electron chi connectivity index (χ4n) is 4.27. The molecule has 35 heavy (non-hydrogen) atoms. The van der Waals surface area contributed by atoms with Gasteiger partial charge >= 0.3 is 0 Å². The Bertz CT molecular complexity index is 1150. The van der Waals surface area contributed by atoms with Crippen molar-refractivity contribution in [3.05, 3.63) is 101 Å². The lowest BCUT2D eigenvalue weighted by Crippen LogP contribution is -2.25. The van der Waals surface area contributed by atoms with Gasteiger partial charge in [-0.15, -0.1) is 10.2 Å². The molecule has 1 heterocycles. The fraction of sp³-hybridized carbons (Fsp3) is 0.345. The average Bonchev–Trinajstić information content (AvgIpc) is 3.29. The van der Waals surface area contributed by atoms with Gasteiger partial charge in [0.1, 0.15) is 5.82 Å². The molecule has 182 valence electrons. The van der Waals surface area contributed by atoms with Crippen LogP contribution in [0.3, 0.4) is 0 Å². The predicted molar refractivity (Wildman–Crippen MR) is 143 cm³/mol. The number of unbranched alkanes of at least 4 members (excludes halogenated alkanes) is 1. The monoisotopic (exact) mass is 486 g/mol. The van der Waals surface area contributed by atoms with E-state index < -0.39 is 0 Å². The normalized spacial score (nSPS) is 14.8. The number of rotatable bonds is 12. The molecule has 1 amide bonds. The molecular weight excluding hydrogens is 452 g/mol. The van der Waals surface area contributed by atoms with Crippen molar-refractivity contribution in [3.63, 3.8) is 0 Å². The first-order valence-electron chi connectivity index (χ1n) is 12.4. The summed E-state index contributed by atoms with van der Waals surface area (Å²) in [4.78, 5) is 12.2. The molecule has 0 saturated carbocycles. The lowest BCUT2D eigenvalue weighted by atomic mass is 10.1. The van der Waals surface area contributed by atoms with E-state index in [0.717, 1.165) is 48.8 Å². The lowest BCUT2D eigenvalue weighted by molar-refractivity contribution is -0.121. The van der Waals surface area contributed by atoms with Gasteiger partial charge < -0.3 is 5.32 Å². The van der Waals surface area contributed by atoms with Gasteiger partial charge in [-0.3, -0.25) is 9.36 Å². The summed E-state index contributed by atoms with van der Waals surface area (Å²) >= 11 is 1.74. The smallest absolute Gasteiger partial charge is 0.220 e. The highest BCUT2D eigenvalue weighted by molar-refractivity contribution is 7.98. The molecule has 0 aliphatic heterocycles. The highest BCUT2D eigenvalue weighted by Crippen LogP contribution is 2.29. The van der Waals surface area contributed by atoms with Gasteiger partial charge in [-0.2, -0.15) is 0 Å². The zero-order valence-corrected chi connectivity index (χ0v) is 21.2. The van der Waals surface area contributed by atoms with E-state index in [9.17, 15) is 4.79 Å². The molecule has 0 saturated heterocycles. The molecule has 2 aromatic carbocycles. The van der Waals surface area contributed by atoms with E-state index in [-0.39, 0.29) is 11.9 Å². The molecule has 1 aromatic heterocycles. The van der Waals surface area contributed by atoms with Gasteiger partial charge in [-0.1, -0.05) is 96.2 Å². The summed E-state index contributed by atoms with van der Waals surface area (Å²) in [5.74, 6) is 2.00. The summed E-state index contributed by atoms with van der Waals surface area (Å²) in [5.41, 5.74) is 3.81. The topological polar surface area (TPSA) is 59.8 Å². The minimum absolute atomic E-state index is 0.122. The predicted octanol–water partition coefficient (Wildman–Crippen LogP) is 6.01. The summed E-state index contributed by atoms with van der Waals surface area (Å²) in [6.45, 7) is 2.80. The van der Waals surface area contributed by atoms with Gasteiger partial charge in [0.15, 0.2) is 5.16 Å². The Morgan fingerprint density at radius 1 is 1.03 bits per heavy atom. The van der Waals surface area contributed by atoms with E-state index in [2.05, 4.69) is 87.7 Å². The number of hydrogen-bond donors (Lipinski definition) is 1. The number of carbonyl (C=O) groups is 1. The molecule has 5 nitrogen and oxygen atoms in total. The Hall–Kier alpha value is -3.12. The maximum absolute atomic E-state index is 12.2. The molecule has 6 heteroatoms. The van der Waals surface area contributed by atoms with Crippen LogP contribution >= 0.6 is 11.8 Å². The summed E-state index contributed by atoms with van der Waals surface area (Å²) in [6.07, 6.45) is 13.6. The third-order valence-electron chi connectivity index (χ3n) is 6.11. The highest BCUT2D eigenvalue weighted by atomic mass is 32.2. The second-order valence-electron chi connectivity index (χ2n) is 8.96. The van der Waals surface area contributed by atoms with Gasteiger partial charge in [0.25, 0.3) is 0 Å². The van der Waals surface area contributed by atoms with Crippen molar-refractivity contribution < 1.29 is 4.79 Å². The first kappa shape index (κ1) is 25.0. The molecule has 1 unspecified atom stereocenters. The Kier molecular flexibility index (Phi) is 9.35. The maximum atomic E-state index is 12.2. The van der Waals surface area contributed by atoms with Crippen LogP contribution in [-0.4, -0.2) is 27.2 Å². The number of nitrogens with one attached hydrogen (secondary N) is 1. The summed E-state index contributed by atoms with van der Waals surface area (Å²) in [6, 6.07) is 19.1. The van der Waals surface area contributed by atoms with E-state index in [1.807, 2.05) is 18.2 Å². The maximum Gasteiger partial charge on any atom is 0.220 e. The molecule has 1 aliphatic rings. The first-order chi connectivity index (χ1) is 17.2. The Morgan fingerprint density at radius 2 is 1.89 bits per heavy atom. The third-order valence-corrected chi connectivity index (χ3v) is 7.12. The van der Waals surface area contributed by atoms with E-state index in [1.165, 1.54) is 16.7 Å². The van der Waals surface area contributed by atoms with Crippen molar-refractivity contribution >= 4 is 17.7 Å². The molecule has 1 aliphatic carbocycles. The SMILES string of the molecule is Cc1cccc(CSc2nnc(CCCCC(=O)NCCc3ccccc3)n2C2C=CC=CC2)c1. The molecule has 0 fully saturated rings. The number of aryl methyl sites for hydroxylation is 2. The van der Waals surface area contributed by atoms with Crippen LogP contribution in [0.25, 0.3) is 0 Å². The lowest BCUT2D eigenvalue weighted by Gasteiger charge is -2.19. The van der Waals surface area contributed by atoms with Crippen molar-refractivity contribution in [1.82, 2.24) is 20.1 Å². The summed E-state index contributed by atoms with van der Waals surface area (Å²) < 4.78 is 2.29. The Morgan fingerprint density at radius 3 is 2.69 bits per heavy atom. The van der Waals surface area contributed by atoms with Crippen LogP contribution in [0.2, 0.25) is 0 Å². The molecular formula is C29H34N4OS. The first-order valence-corrected chi connectivity index (χ1v) is 13.4. The molecule has 0 radical (unpaired) electrons. The summed E-state index contributed by atoms with van der Waals surface area (Å²) in [7, 11) is 0. The van der Waals surface area contributed by atoms with Crippen LogP contribution in [0.5, 0.6) is 0 Å². The van der Waals surface area contributed by atoms with Crippen molar-refractivity contribution in [2.45, 2.75) is 62.4 Å². The number of benzene rings is 2. The molecule has 1 N–H and O–H groups in total. The average molecular weight is 487 g/mol. The molecule has 4 rings (SSSR count). The van der Waals surface area contributed by atoms with E-state index in [0.29, 0.717) is 13.0 Å². The zero-order valence-electron chi connectivity index (χ0n) is 20.4. The number of hydrogen-bond acceptors (Lipinski definition) is 4. The Balaban J connectivity index is 1.28. The highest BCUT2D eigenvalue weighted by Gasteiger charge is 2.19. The van der Waals surface area contributed by atoms with Crippen molar-refractivity contribution in [2.75, 3.05) is 6.54 Å². The van der Waals surface area contributed by atoms with Gasteiger partial charge in [-0.05, 0) is 43.7 Å². The Labute approximate surface area is 212 Å². The van der Waals surface area contributed by atoms with Crippen LogP contribution in [-0.2, 0) is 23.4 Å². The number of allylic oxidation sites excluding steroid dienone is 4. The van der Waals surface area contributed by atoms with Crippen molar-refractivity contribution in [3.8, 4) is 0 Å². The zero-order chi connectivity index (χ0) is 24.3. The van der Waals surface area contributed by atoms with Gasteiger partial charge in [0, 0.05) is 25.1 Å². The van der Waals surface area contributed by atoms with Gasteiger partial charge in [-0.25, -0.2) is 0 Å². The van der Waals surface area contributed by atoms with E-state index in [4.69, 9.17) is 0 Å². The number of aromatic nitrogens is 3. The van der Waals surface area contributed by atoms with E-state index in [1.54, 1.807) is 11.8 Å². The summed E-state index contributed by atoms with van der Waals surface area (Å²) in [5, 5.41) is 13.1. The van der Waals surface area contributed by atoms with Crippen LogP contribution in [0.1, 0.15) is 54.2 Å². The second-order valence-corrected chi connectivity index (χ2v) is 9.90. The third kappa shape index (κ3) is 7.69. The quantitative estimate of drug-likeness (QED) is 0.252. The minimum Gasteiger partial charge on any atom is -0.356 e. The molecule has 0 bridgehead atoms. The van der Waals surface area contributed by atoms with Crippen LogP contribution in [0, 0.1) is 6.92 Å². The number of nitrogens with zero attached hydrogens (tertiary/aromatic N) is 3. The number of carbonyl (C=O) groups excluding carboxylic acids is 1. The van der Waals surface area contributed by atoms with Gasteiger partial charge in [0.2, 0.25) is 5.91 Å². The molecule has 3 aromatic rings. The van der Waals surface area contributed by atoms with Crippen LogP contribution < -0.4 is 5.32 Å². The van der Waals surface area contributed by atoms with Crippen molar-refractivity contribution in [2.24, 2.45) is 0 Å². The molecule has 1 atom stereocenters.